The molecule has 3 nitrogen and oxygen atoms in total. The van der Waals surface area contributed by atoms with E-state index in [4.69, 9.17) is 5.73 Å². The lowest BCUT2D eigenvalue weighted by atomic mass is 10.1. The Morgan fingerprint density at radius 2 is 2.17 bits per heavy atom. The fraction of sp³-hybridized carbons (Fsp3) is 0.500. The Bertz CT molecular complexity index is 382. The summed E-state index contributed by atoms with van der Waals surface area (Å²) in [5.74, 6) is -0.718. The van der Waals surface area contributed by atoms with Crippen molar-refractivity contribution in [2.45, 2.75) is 45.1 Å². The van der Waals surface area contributed by atoms with E-state index in [0.29, 0.717) is 12.1 Å². The molecule has 0 fully saturated rings. The lowest BCUT2D eigenvalue weighted by Crippen LogP contribution is -2.35. The van der Waals surface area contributed by atoms with Gasteiger partial charge in [-0.1, -0.05) is 38.7 Å². The minimum absolute atomic E-state index is 0.325. The van der Waals surface area contributed by atoms with Crippen molar-refractivity contribution in [2.75, 3.05) is 5.32 Å². The summed E-state index contributed by atoms with van der Waals surface area (Å²) in [4.78, 5) is 11.3. The number of halogens is 1. The average molecular weight is 252 g/mol. The Kier molecular flexibility index (Phi) is 6.19. The molecule has 100 valence electrons. The number of hydrogen-bond acceptors (Lipinski definition) is 2. The molecule has 18 heavy (non-hydrogen) atoms. The van der Waals surface area contributed by atoms with Crippen LogP contribution in [0.2, 0.25) is 0 Å². The van der Waals surface area contributed by atoms with E-state index in [2.05, 4.69) is 12.2 Å². The van der Waals surface area contributed by atoms with Crippen LogP contribution < -0.4 is 11.1 Å². The van der Waals surface area contributed by atoms with Crippen molar-refractivity contribution in [1.29, 1.82) is 0 Å². The standard InChI is InChI=1S/C14H21FN2O/c1-2-3-4-5-9-13(14(16)18)17-12-8-6-7-11(15)10-12/h6-8,10,13,17H,2-5,9H2,1H3,(H2,16,18). The van der Waals surface area contributed by atoms with Crippen molar-refractivity contribution in [1.82, 2.24) is 0 Å². The highest BCUT2D eigenvalue weighted by molar-refractivity contribution is 5.82. The van der Waals surface area contributed by atoms with E-state index in [-0.39, 0.29) is 5.82 Å². The van der Waals surface area contributed by atoms with Crippen molar-refractivity contribution in [3.05, 3.63) is 30.1 Å². The lowest BCUT2D eigenvalue weighted by molar-refractivity contribution is -0.118. The highest BCUT2D eigenvalue weighted by Gasteiger charge is 2.14. The Balaban J connectivity index is 2.50. The second-order valence-electron chi connectivity index (χ2n) is 4.46. The number of nitrogens with two attached hydrogens (primary N) is 1. The van der Waals surface area contributed by atoms with Gasteiger partial charge in [-0.2, -0.15) is 0 Å². The number of anilines is 1. The zero-order valence-corrected chi connectivity index (χ0v) is 10.8. The van der Waals surface area contributed by atoms with Crippen LogP contribution in [0, 0.1) is 5.82 Å². The van der Waals surface area contributed by atoms with Gasteiger partial charge in [0.2, 0.25) is 5.91 Å². The molecule has 0 aliphatic heterocycles. The first-order chi connectivity index (χ1) is 8.63. The molecule has 0 saturated carbocycles. The van der Waals surface area contributed by atoms with Crippen LogP contribution in [0.5, 0.6) is 0 Å². The molecule has 0 spiro atoms. The zero-order chi connectivity index (χ0) is 13.4. The highest BCUT2D eigenvalue weighted by atomic mass is 19.1. The van der Waals surface area contributed by atoms with Crippen LogP contribution in [0.4, 0.5) is 10.1 Å². The second-order valence-corrected chi connectivity index (χ2v) is 4.46. The smallest absolute Gasteiger partial charge is 0.239 e. The molecule has 1 rings (SSSR count). The molecule has 0 heterocycles. The quantitative estimate of drug-likeness (QED) is 0.699. The number of carbonyl (C=O) groups is 1. The molecule has 0 saturated heterocycles. The summed E-state index contributed by atoms with van der Waals surface area (Å²) in [6, 6.07) is 5.63. The van der Waals surface area contributed by atoms with Gasteiger partial charge in [0.05, 0.1) is 0 Å². The molecule has 1 amide bonds. The van der Waals surface area contributed by atoms with Gasteiger partial charge in [0.1, 0.15) is 11.9 Å². The van der Waals surface area contributed by atoms with Crippen molar-refractivity contribution in [2.24, 2.45) is 5.73 Å². The van der Waals surface area contributed by atoms with Crippen LogP contribution in [-0.2, 0) is 4.79 Å². The van der Waals surface area contributed by atoms with E-state index >= 15 is 0 Å². The summed E-state index contributed by atoms with van der Waals surface area (Å²) in [5, 5.41) is 2.98. The Morgan fingerprint density at radius 1 is 1.39 bits per heavy atom. The maximum Gasteiger partial charge on any atom is 0.239 e. The first-order valence-electron chi connectivity index (χ1n) is 6.45. The van der Waals surface area contributed by atoms with Crippen LogP contribution in [0.3, 0.4) is 0 Å². The van der Waals surface area contributed by atoms with E-state index in [9.17, 15) is 9.18 Å². The van der Waals surface area contributed by atoms with Gasteiger partial charge in [0, 0.05) is 5.69 Å². The van der Waals surface area contributed by atoms with Gasteiger partial charge in [-0.25, -0.2) is 4.39 Å². The van der Waals surface area contributed by atoms with Gasteiger partial charge in [0.15, 0.2) is 0 Å². The molecule has 0 aromatic heterocycles. The number of unbranched alkanes of at least 4 members (excludes halogenated alkanes) is 3. The Morgan fingerprint density at radius 3 is 2.78 bits per heavy atom. The summed E-state index contributed by atoms with van der Waals surface area (Å²) < 4.78 is 13.0. The Labute approximate surface area is 108 Å². The monoisotopic (exact) mass is 252 g/mol. The lowest BCUT2D eigenvalue weighted by Gasteiger charge is -2.16. The number of carbonyl (C=O) groups excluding carboxylic acids is 1. The van der Waals surface area contributed by atoms with Gasteiger partial charge in [-0.15, -0.1) is 0 Å². The number of rotatable bonds is 8. The molecule has 3 N–H and O–H groups in total. The van der Waals surface area contributed by atoms with Crippen LogP contribution in [0.25, 0.3) is 0 Å². The Hall–Kier alpha value is -1.58. The fourth-order valence-electron chi connectivity index (χ4n) is 1.84. The van der Waals surface area contributed by atoms with E-state index in [1.807, 2.05) is 0 Å². The minimum atomic E-state index is -0.427. The molecule has 1 aromatic rings. The first-order valence-corrected chi connectivity index (χ1v) is 6.45. The van der Waals surface area contributed by atoms with Gasteiger partial charge >= 0.3 is 0 Å². The van der Waals surface area contributed by atoms with Gasteiger partial charge < -0.3 is 11.1 Å². The first kappa shape index (κ1) is 14.5. The molecule has 0 bridgehead atoms. The summed E-state index contributed by atoms with van der Waals surface area (Å²) in [6.45, 7) is 2.14. The predicted molar refractivity (Wildman–Crippen MR) is 71.8 cm³/mol. The zero-order valence-electron chi connectivity index (χ0n) is 10.8. The molecular weight excluding hydrogens is 231 g/mol. The second kappa shape index (κ2) is 7.69. The largest absolute Gasteiger partial charge is 0.374 e. The van der Waals surface area contributed by atoms with Crippen LogP contribution in [0.15, 0.2) is 24.3 Å². The number of hydrogen-bond donors (Lipinski definition) is 2. The fourth-order valence-corrected chi connectivity index (χ4v) is 1.84. The molecule has 1 unspecified atom stereocenters. The summed E-state index contributed by atoms with van der Waals surface area (Å²) >= 11 is 0. The molecular formula is C14H21FN2O. The van der Waals surface area contributed by atoms with E-state index in [1.165, 1.54) is 12.1 Å². The van der Waals surface area contributed by atoms with Gasteiger partial charge in [0.25, 0.3) is 0 Å². The number of nitrogens with one attached hydrogen (secondary N) is 1. The van der Waals surface area contributed by atoms with E-state index < -0.39 is 11.9 Å². The average Bonchev–Trinajstić information content (AvgIpc) is 2.33. The highest BCUT2D eigenvalue weighted by Crippen LogP contribution is 2.14. The van der Waals surface area contributed by atoms with E-state index in [1.54, 1.807) is 12.1 Å². The summed E-state index contributed by atoms with van der Waals surface area (Å²) in [5.41, 5.74) is 5.93. The van der Waals surface area contributed by atoms with Crippen LogP contribution in [0.1, 0.15) is 39.0 Å². The molecule has 1 atom stereocenters. The topological polar surface area (TPSA) is 55.1 Å². The van der Waals surface area contributed by atoms with Crippen molar-refractivity contribution < 1.29 is 9.18 Å². The SMILES string of the molecule is CCCCCCC(Nc1cccc(F)c1)C(N)=O. The third kappa shape index (κ3) is 5.17. The summed E-state index contributed by atoms with van der Waals surface area (Å²) in [6.07, 6.45) is 5.03. The maximum atomic E-state index is 13.0. The van der Waals surface area contributed by atoms with Crippen LogP contribution >= 0.6 is 0 Å². The third-order valence-electron chi connectivity index (χ3n) is 2.86. The van der Waals surface area contributed by atoms with Crippen molar-refractivity contribution in [3.63, 3.8) is 0 Å². The molecule has 4 heteroatoms. The molecule has 0 aliphatic carbocycles. The third-order valence-corrected chi connectivity index (χ3v) is 2.86. The molecule has 0 aliphatic rings. The van der Waals surface area contributed by atoms with Gasteiger partial charge in [-0.3, -0.25) is 4.79 Å². The molecule has 1 aromatic carbocycles. The number of primary amides is 1. The normalized spacial score (nSPS) is 12.1. The maximum absolute atomic E-state index is 13.0. The van der Waals surface area contributed by atoms with Gasteiger partial charge in [-0.05, 0) is 24.6 Å². The summed E-state index contributed by atoms with van der Waals surface area (Å²) in [7, 11) is 0. The number of benzene rings is 1. The minimum Gasteiger partial charge on any atom is -0.374 e. The molecule has 0 radical (unpaired) electrons. The van der Waals surface area contributed by atoms with Crippen molar-refractivity contribution >= 4 is 11.6 Å². The number of amides is 1. The predicted octanol–water partition coefficient (Wildman–Crippen LogP) is 3.06. The van der Waals surface area contributed by atoms with Crippen molar-refractivity contribution in [3.8, 4) is 0 Å². The van der Waals surface area contributed by atoms with Crippen LogP contribution in [-0.4, -0.2) is 11.9 Å². The van der Waals surface area contributed by atoms with E-state index in [0.717, 1.165) is 25.7 Å².